The molecule has 4 rings (SSSR count). The number of benzene rings is 1. The molecule has 138 valence electrons. The molecule has 0 bridgehead atoms. The smallest absolute Gasteiger partial charge is 0.237 e. The van der Waals surface area contributed by atoms with Gasteiger partial charge in [0.1, 0.15) is 5.75 Å². The van der Waals surface area contributed by atoms with E-state index in [2.05, 4.69) is 40.3 Å². The molecule has 3 heterocycles. The van der Waals surface area contributed by atoms with Crippen LogP contribution in [0, 0.1) is 0 Å². The van der Waals surface area contributed by atoms with Gasteiger partial charge in [-0.3, -0.25) is 9.69 Å². The number of ether oxygens (including phenoxy) is 1. The number of fused-ring (bicyclic) bond motifs is 1. The third kappa shape index (κ3) is 3.51. The van der Waals surface area contributed by atoms with Gasteiger partial charge in [0.05, 0.1) is 13.7 Å². The molecular weight excluding hydrogens is 344 g/mol. The Bertz CT molecular complexity index is 771. The minimum atomic E-state index is 0.271. The highest BCUT2D eigenvalue weighted by Crippen LogP contribution is 2.33. The number of amides is 1. The minimum Gasteiger partial charge on any atom is -0.497 e. The molecule has 2 unspecified atom stereocenters. The molecule has 2 atom stereocenters. The molecule has 0 aliphatic carbocycles. The molecule has 0 N–H and O–H groups in total. The average Bonchev–Trinajstić information content (AvgIpc) is 3.27. The number of nitrogens with zero attached hydrogens (tertiary/aromatic N) is 2. The van der Waals surface area contributed by atoms with Gasteiger partial charge in [0.15, 0.2) is 0 Å². The number of rotatable bonds is 4. The highest BCUT2D eigenvalue weighted by molar-refractivity contribution is 7.10. The largest absolute Gasteiger partial charge is 0.497 e. The second kappa shape index (κ2) is 7.41. The van der Waals surface area contributed by atoms with Crippen LogP contribution in [0.4, 0.5) is 0 Å². The Morgan fingerprint density at radius 1 is 1.27 bits per heavy atom. The number of hydrogen-bond donors (Lipinski definition) is 0. The van der Waals surface area contributed by atoms with Crippen molar-refractivity contribution in [1.82, 2.24) is 9.80 Å². The zero-order chi connectivity index (χ0) is 18.1. The third-order valence-electron chi connectivity index (χ3n) is 5.73. The van der Waals surface area contributed by atoms with Crippen LogP contribution in [0.25, 0.3) is 0 Å². The van der Waals surface area contributed by atoms with Crippen LogP contribution in [0.1, 0.15) is 35.3 Å². The predicted molar refractivity (Wildman–Crippen MR) is 105 cm³/mol. The molecule has 2 aliphatic heterocycles. The fraction of sp³-hybridized carbons (Fsp3) is 0.476. The fourth-order valence-electron chi connectivity index (χ4n) is 4.22. The van der Waals surface area contributed by atoms with E-state index in [1.165, 1.54) is 16.0 Å². The molecule has 0 saturated carbocycles. The van der Waals surface area contributed by atoms with Gasteiger partial charge in [0.2, 0.25) is 5.91 Å². The molecule has 1 aromatic carbocycles. The van der Waals surface area contributed by atoms with E-state index in [4.69, 9.17) is 4.74 Å². The Kier molecular flexibility index (Phi) is 5.00. The third-order valence-corrected chi connectivity index (χ3v) is 6.75. The van der Waals surface area contributed by atoms with Crippen molar-refractivity contribution in [2.24, 2.45) is 0 Å². The minimum absolute atomic E-state index is 0.271. The van der Waals surface area contributed by atoms with E-state index in [0.717, 1.165) is 38.2 Å². The van der Waals surface area contributed by atoms with Gasteiger partial charge < -0.3 is 9.64 Å². The van der Waals surface area contributed by atoms with Crippen LogP contribution in [0.15, 0.2) is 35.7 Å². The first kappa shape index (κ1) is 17.6. The summed E-state index contributed by atoms with van der Waals surface area (Å²) in [6.07, 6.45) is 2.11. The van der Waals surface area contributed by atoms with Gasteiger partial charge in [-0.25, -0.2) is 0 Å². The monoisotopic (exact) mass is 370 g/mol. The Morgan fingerprint density at radius 3 is 2.85 bits per heavy atom. The number of likely N-dealkylation sites (tertiary alicyclic amines) is 1. The van der Waals surface area contributed by atoms with Crippen molar-refractivity contribution in [3.8, 4) is 5.75 Å². The summed E-state index contributed by atoms with van der Waals surface area (Å²) in [6.45, 7) is 5.44. The molecule has 0 spiro atoms. The van der Waals surface area contributed by atoms with Crippen molar-refractivity contribution in [2.75, 3.05) is 26.7 Å². The molecule has 5 heteroatoms. The molecule has 1 saturated heterocycles. The van der Waals surface area contributed by atoms with E-state index in [-0.39, 0.29) is 5.91 Å². The van der Waals surface area contributed by atoms with Crippen LogP contribution < -0.4 is 4.74 Å². The second-order valence-electron chi connectivity index (χ2n) is 7.43. The maximum absolute atomic E-state index is 12.9. The van der Waals surface area contributed by atoms with E-state index in [1.807, 2.05) is 23.5 Å². The maximum Gasteiger partial charge on any atom is 0.237 e. The lowest BCUT2D eigenvalue weighted by Gasteiger charge is -2.29. The molecule has 2 aliphatic rings. The van der Waals surface area contributed by atoms with Crippen LogP contribution in [0.5, 0.6) is 5.75 Å². The normalized spacial score (nSPS) is 23.1. The first-order valence-corrected chi connectivity index (χ1v) is 10.2. The van der Waals surface area contributed by atoms with Crippen LogP contribution in [0.3, 0.4) is 0 Å². The van der Waals surface area contributed by atoms with Crippen molar-refractivity contribution in [3.05, 3.63) is 51.7 Å². The van der Waals surface area contributed by atoms with Crippen molar-refractivity contribution < 1.29 is 9.53 Å². The number of thiophene rings is 1. The van der Waals surface area contributed by atoms with E-state index in [9.17, 15) is 4.79 Å². The van der Waals surface area contributed by atoms with E-state index in [1.54, 1.807) is 7.11 Å². The highest BCUT2D eigenvalue weighted by Gasteiger charge is 2.34. The molecule has 4 nitrogen and oxygen atoms in total. The number of methoxy groups -OCH3 is 1. The second-order valence-corrected chi connectivity index (χ2v) is 8.43. The fourth-order valence-corrected chi connectivity index (χ4v) is 5.11. The maximum atomic E-state index is 12.9. The summed E-state index contributed by atoms with van der Waals surface area (Å²) in [6, 6.07) is 10.8. The summed E-state index contributed by atoms with van der Waals surface area (Å²) in [5, 5.41) is 2.16. The van der Waals surface area contributed by atoms with Gasteiger partial charge >= 0.3 is 0 Å². The lowest BCUT2D eigenvalue weighted by molar-refractivity contribution is -0.133. The van der Waals surface area contributed by atoms with Gasteiger partial charge in [0, 0.05) is 36.5 Å². The topological polar surface area (TPSA) is 32.8 Å². The van der Waals surface area contributed by atoms with E-state index < -0.39 is 0 Å². The summed E-state index contributed by atoms with van der Waals surface area (Å²) in [7, 11) is 1.69. The number of hydrogen-bond acceptors (Lipinski definition) is 4. The van der Waals surface area contributed by atoms with E-state index in [0.29, 0.717) is 18.5 Å². The lowest BCUT2D eigenvalue weighted by Crippen LogP contribution is -2.43. The van der Waals surface area contributed by atoms with Crippen LogP contribution in [-0.4, -0.2) is 48.5 Å². The summed E-state index contributed by atoms with van der Waals surface area (Å²) in [5.41, 5.74) is 2.70. The van der Waals surface area contributed by atoms with Crippen LogP contribution >= 0.6 is 11.3 Å². The van der Waals surface area contributed by atoms with Gasteiger partial charge in [-0.2, -0.15) is 0 Å². The molecular formula is C21H26N2O2S. The number of carbonyl (C=O) groups excluding carboxylic acids is 1. The molecule has 26 heavy (non-hydrogen) atoms. The summed E-state index contributed by atoms with van der Waals surface area (Å²) in [5.74, 6) is 1.57. The quantitative estimate of drug-likeness (QED) is 0.826. The van der Waals surface area contributed by atoms with Gasteiger partial charge in [-0.15, -0.1) is 11.3 Å². The van der Waals surface area contributed by atoms with Crippen LogP contribution in [-0.2, 0) is 17.8 Å². The van der Waals surface area contributed by atoms with Gasteiger partial charge in [-0.1, -0.05) is 12.1 Å². The van der Waals surface area contributed by atoms with Crippen molar-refractivity contribution in [3.63, 3.8) is 0 Å². The Morgan fingerprint density at radius 2 is 2.08 bits per heavy atom. The summed E-state index contributed by atoms with van der Waals surface area (Å²) in [4.78, 5) is 18.8. The Labute approximate surface area is 159 Å². The van der Waals surface area contributed by atoms with E-state index >= 15 is 0 Å². The van der Waals surface area contributed by atoms with Crippen LogP contribution in [0.2, 0.25) is 0 Å². The SMILES string of the molecule is COc1ccc(C2CC(C)N(C(=O)CN3CCc4sccc4C3)C2)cc1. The standard InChI is InChI=1S/C21H26N2O2S/c1-15-11-18(16-3-5-19(25-2)6-4-16)13-23(15)21(24)14-22-9-7-20-17(12-22)8-10-26-20/h3-6,8,10,15,18H,7,9,11-14H2,1-2H3. The zero-order valence-electron chi connectivity index (χ0n) is 15.5. The summed E-state index contributed by atoms with van der Waals surface area (Å²) < 4.78 is 5.25. The first-order valence-electron chi connectivity index (χ1n) is 9.35. The molecule has 2 aromatic rings. The van der Waals surface area contributed by atoms with Gasteiger partial charge in [0.25, 0.3) is 0 Å². The average molecular weight is 371 g/mol. The highest BCUT2D eigenvalue weighted by atomic mass is 32.1. The lowest BCUT2D eigenvalue weighted by atomic mass is 9.97. The molecule has 1 aromatic heterocycles. The van der Waals surface area contributed by atoms with Crippen molar-refractivity contribution in [2.45, 2.75) is 38.3 Å². The molecule has 1 amide bonds. The summed E-state index contributed by atoms with van der Waals surface area (Å²) >= 11 is 1.84. The molecule has 0 radical (unpaired) electrons. The Balaban J connectivity index is 1.37. The van der Waals surface area contributed by atoms with Crippen molar-refractivity contribution in [1.29, 1.82) is 0 Å². The molecule has 1 fully saturated rings. The number of carbonyl (C=O) groups is 1. The predicted octanol–water partition coefficient (Wildman–Crippen LogP) is 3.52. The first-order chi connectivity index (χ1) is 12.6. The van der Waals surface area contributed by atoms with Crippen molar-refractivity contribution >= 4 is 17.2 Å². The zero-order valence-corrected chi connectivity index (χ0v) is 16.3. The van der Waals surface area contributed by atoms with Gasteiger partial charge in [-0.05, 0) is 54.5 Å². The Hall–Kier alpha value is -1.85.